The SMILES string of the molecule is CN(C(=O)C[C@H]1[C@@H](C(F)(F)F)NC2(C(=O)Nc3c(Cl)cc(Cl)cc32)[C@H]1C(=O)O)c1cc(Cl)cc(Cl)c1. The number of halogens is 7. The fourth-order valence-electron chi connectivity index (χ4n) is 4.90. The molecule has 2 aromatic carbocycles. The zero-order valence-electron chi connectivity index (χ0n) is 18.1. The molecule has 36 heavy (non-hydrogen) atoms. The van der Waals surface area contributed by atoms with Crippen LogP contribution >= 0.6 is 46.4 Å². The maximum absolute atomic E-state index is 14.2. The van der Waals surface area contributed by atoms with Crippen molar-refractivity contribution in [2.75, 3.05) is 17.3 Å². The molecule has 14 heteroatoms. The predicted octanol–water partition coefficient (Wildman–Crippen LogP) is 5.35. The standard InChI is InChI=1S/C22H16Cl4F3N3O4/c1-32(11-3-8(23)2-9(24)4-11)15(33)7-12-16(19(34)35)21(31-18(12)22(27,28)29)13-5-10(25)6-14(26)17(13)30-20(21)36/h2-6,12,16,18,31H,7H2,1H3,(H,30,36)(H,34,35)/t12-,16-,18+,21?/m1/s1. The largest absolute Gasteiger partial charge is 0.481 e. The molecule has 0 radical (unpaired) electrons. The molecule has 0 saturated carbocycles. The highest BCUT2D eigenvalue weighted by Crippen LogP contribution is 2.54. The minimum atomic E-state index is -5.01. The summed E-state index contributed by atoms with van der Waals surface area (Å²) < 4.78 is 42.7. The first-order valence-electron chi connectivity index (χ1n) is 10.3. The Kier molecular flexibility index (Phi) is 6.89. The molecule has 1 saturated heterocycles. The lowest BCUT2D eigenvalue weighted by Gasteiger charge is -2.29. The number of amides is 2. The van der Waals surface area contributed by atoms with Gasteiger partial charge in [-0.3, -0.25) is 19.7 Å². The molecule has 3 N–H and O–H groups in total. The molecule has 0 aromatic heterocycles. The maximum Gasteiger partial charge on any atom is 0.404 e. The second-order valence-corrected chi connectivity index (χ2v) is 10.2. The Labute approximate surface area is 222 Å². The van der Waals surface area contributed by atoms with E-state index in [1.165, 1.54) is 37.4 Å². The van der Waals surface area contributed by atoms with Gasteiger partial charge >= 0.3 is 12.1 Å². The van der Waals surface area contributed by atoms with Crippen molar-refractivity contribution >= 4 is 75.6 Å². The van der Waals surface area contributed by atoms with E-state index >= 15 is 0 Å². The van der Waals surface area contributed by atoms with E-state index in [9.17, 15) is 32.7 Å². The zero-order chi connectivity index (χ0) is 26.7. The number of rotatable bonds is 4. The summed E-state index contributed by atoms with van der Waals surface area (Å²) in [6, 6.07) is 4.08. The predicted molar refractivity (Wildman–Crippen MR) is 129 cm³/mol. The lowest BCUT2D eigenvalue weighted by Crippen LogP contribution is -2.53. The van der Waals surface area contributed by atoms with E-state index in [0.717, 1.165) is 4.90 Å². The summed E-state index contributed by atoms with van der Waals surface area (Å²) in [4.78, 5) is 39.7. The summed E-state index contributed by atoms with van der Waals surface area (Å²) in [5.41, 5.74) is -2.38. The highest BCUT2D eigenvalue weighted by atomic mass is 35.5. The maximum atomic E-state index is 14.2. The van der Waals surface area contributed by atoms with Crippen molar-refractivity contribution in [3.05, 3.63) is 56.0 Å². The van der Waals surface area contributed by atoms with E-state index in [1.54, 1.807) is 0 Å². The Hall–Kier alpha value is -2.24. The Balaban J connectivity index is 1.81. The van der Waals surface area contributed by atoms with Gasteiger partial charge in [0.05, 0.1) is 16.6 Å². The lowest BCUT2D eigenvalue weighted by atomic mass is 9.74. The first kappa shape index (κ1) is 26.8. The number of benzene rings is 2. The summed E-state index contributed by atoms with van der Waals surface area (Å²) in [6.07, 6.45) is -5.88. The summed E-state index contributed by atoms with van der Waals surface area (Å²) in [6.45, 7) is 0. The smallest absolute Gasteiger partial charge is 0.404 e. The van der Waals surface area contributed by atoms with Crippen molar-refractivity contribution in [2.24, 2.45) is 11.8 Å². The molecule has 1 fully saturated rings. The van der Waals surface area contributed by atoms with Gasteiger partial charge in [-0.2, -0.15) is 13.2 Å². The van der Waals surface area contributed by atoms with Gasteiger partial charge in [0.25, 0.3) is 0 Å². The summed E-state index contributed by atoms with van der Waals surface area (Å²) in [5, 5.41) is 15.0. The number of aliphatic carboxylic acids is 1. The molecule has 2 aliphatic rings. The number of carboxylic acids is 1. The van der Waals surface area contributed by atoms with Crippen molar-refractivity contribution in [3.8, 4) is 0 Å². The van der Waals surface area contributed by atoms with E-state index in [1.807, 2.05) is 0 Å². The first-order valence-corrected chi connectivity index (χ1v) is 11.8. The Morgan fingerprint density at radius 2 is 1.64 bits per heavy atom. The van der Waals surface area contributed by atoms with Crippen LogP contribution in [0.5, 0.6) is 0 Å². The number of hydrogen-bond donors (Lipinski definition) is 3. The fraction of sp³-hybridized carbons (Fsp3) is 0.318. The second-order valence-electron chi connectivity index (χ2n) is 8.50. The fourth-order valence-corrected chi connectivity index (χ4v) is 5.95. The van der Waals surface area contributed by atoms with Crippen molar-refractivity contribution < 1.29 is 32.7 Å². The average molecular weight is 585 g/mol. The molecule has 192 valence electrons. The van der Waals surface area contributed by atoms with Crippen molar-refractivity contribution in [3.63, 3.8) is 0 Å². The summed E-state index contributed by atoms with van der Waals surface area (Å²) in [7, 11) is 1.29. The van der Waals surface area contributed by atoms with Crippen LogP contribution in [0.1, 0.15) is 12.0 Å². The molecule has 1 spiro atoms. The monoisotopic (exact) mass is 583 g/mol. The number of carbonyl (C=O) groups excluding carboxylic acids is 2. The van der Waals surface area contributed by atoms with Crippen LogP contribution < -0.4 is 15.5 Å². The van der Waals surface area contributed by atoms with Gasteiger partial charge < -0.3 is 15.3 Å². The van der Waals surface area contributed by atoms with Gasteiger partial charge in [-0.1, -0.05) is 46.4 Å². The van der Waals surface area contributed by atoms with Gasteiger partial charge in [-0.15, -0.1) is 0 Å². The minimum Gasteiger partial charge on any atom is -0.481 e. The van der Waals surface area contributed by atoms with Crippen molar-refractivity contribution in [1.29, 1.82) is 0 Å². The van der Waals surface area contributed by atoms with E-state index in [0.29, 0.717) is 0 Å². The third-order valence-corrected chi connectivity index (χ3v) is 7.37. The highest BCUT2D eigenvalue weighted by molar-refractivity contribution is 6.38. The molecule has 4 atom stereocenters. The van der Waals surface area contributed by atoms with Crippen molar-refractivity contribution in [2.45, 2.75) is 24.2 Å². The molecule has 2 aliphatic heterocycles. The molecule has 4 rings (SSSR count). The van der Waals surface area contributed by atoms with Gasteiger partial charge in [-0.25, -0.2) is 0 Å². The molecule has 2 heterocycles. The molecule has 0 bridgehead atoms. The third-order valence-electron chi connectivity index (χ3n) is 6.42. The molecule has 7 nitrogen and oxygen atoms in total. The first-order chi connectivity index (χ1) is 16.7. The number of hydrogen-bond acceptors (Lipinski definition) is 4. The zero-order valence-corrected chi connectivity index (χ0v) is 21.1. The number of anilines is 2. The van der Waals surface area contributed by atoms with Gasteiger partial charge in [-0.05, 0) is 30.3 Å². The van der Waals surface area contributed by atoms with Crippen LogP contribution in [0.25, 0.3) is 0 Å². The molecule has 2 aromatic rings. The number of carboxylic acid groups (broad SMARTS) is 1. The third kappa shape index (κ3) is 4.39. The normalized spacial score (nSPS) is 25.1. The van der Waals surface area contributed by atoms with Crippen LogP contribution in [0, 0.1) is 11.8 Å². The summed E-state index contributed by atoms with van der Waals surface area (Å²) in [5.74, 6) is -7.48. The van der Waals surface area contributed by atoms with Crippen LogP contribution in [0.2, 0.25) is 20.1 Å². The number of nitrogens with one attached hydrogen (secondary N) is 2. The number of nitrogens with zero attached hydrogens (tertiary/aromatic N) is 1. The van der Waals surface area contributed by atoms with Crippen LogP contribution in [0.4, 0.5) is 24.5 Å². The van der Waals surface area contributed by atoms with E-state index in [-0.39, 0.29) is 37.0 Å². The second kappa shape index (κ2) is 9.25. The minimum absolute atomic E-state index is 0.0128. The number of alkyl halides is 3. The molecule has 1 unspecified atom stereocenters. The van der Waals surface area contributed by atoms with E-state index in [4.69, 9.17) is 46.4 Å². The number of fused-ring (bicyclic) bond motifs is 2. The lowest BCUT2D eigenvalue weighted by molar-refractivity contribution is -0.165. The molecule has 2 amide bonds. The Morgan fingerprint density at radius 3 is 2.19 bits per heavy atom. The quantitative estimate of drug-likeness (QED) is 0.450. The van der Waals surface area contributed by atoms with Crippen molar-refractivity contribution in [1.82, 2.24) is 5.32 Å². The van der Waals surface area contributed by atoms with Crippen LogP contribution in [0.15, 0.2) is 30.3 Å². The van der Waals surface area contributed by atoms with E-state index in [2.05, 4.69) is 10.6 Å². The molecular weight excluding hydrogens is 569 g/mol. The highest BCUT2D eigenvalue weighted by Gasteiger charge is 2.69. The van der Waals surface area contributed by atoms with E-state index < -0.39 is 53.8 Å². The van der Waals surface area contributed by atoms with Gasteiger partial charge in [0.2, 0.25) is 11.8 Å². The van der Waals surface area contributed by atoms with Crippen LogP contribution in [0.3, 0.4) is 0 Å². The Bertz CT molecular complexity index is 1270. The number of carbonyl (C=O) groups is 3. The van der Waals surface area contributed by atoms with Crippen LogP contribution in [-0.2, 0) is 19.9 Å². The molecule has 0 aliphatic carbocycles. The topological polar surface area (TPSA) is 98.7 Å². The molecular formula is C22H16Cl4F3N3O4. The summed E-state index contributed by atoms with van der Waals surface area (Å²) >= 11 is 24.1. The van der Waals surface area contributed by atoms with Crippen LogP contribution in [-0.4, -0.2) is 42.2 Å². The van der Waals surface area contributed by atoms with Gasteiger partial charge in [0.1, 0.15) is 11.6 Å². The van der Waals surface area contributed by atoms with Gasteiger partial charge in [0, 0.05) is 45.7 Å². The Morgan fingerprint density at radius 1 is 1.06 bits per heavy atom. The average Bonchev–Trinajstić information content (AvgIpc) is 3.23. The van der Waals surface area contributed by atoms with Gasteiger partial charge in [0.15, 0.2) is 0 Å².